The van der Waals surface area contributed by atoms with Crippen molar-refractivity contribution in [3.63, 3.8) is 0 Å². The average Bonchev–Trinajstić information content (AvgIpc) is 2.38. The van der Waals surface area contributed by atoms with Crippen LogP contribution in [0.4, 0.5) is 13.2 Å². The fraction of sp³-hybridized carbons (Fsp3) is 1.00. The molecule has 0 aromatic carbocycles. The lowest BCUT2D eigenvalue weighted by molar-refractivity contribution is -0.275. The van der Waals surface area contributed by atoms with Crippen LogP contribution in [0.2, 0.25) is 6.04 Å². The lowest BCUT2D eigenvalue weighted by Crippen LogP contribution is -2.56. The van der Waals surface area contributed by atoms with Crippen molar-refractivity contribution in [1.29, 1.82) is 0 Å². The number of hydrogen-bond donors (Lipinski definition) is 0. The quantitative estimate of drug-likeness (QED) is 0.487. The van der Waals surface area contributed by atoms with Crippen molar-refractivity contribution in [2.45, 2.75) is 59.4 Å². The van der Waals surface area contributed by atoms with Crippen molar-refractivity contribution in [2.75, 3.05) is 26.9 Å². The van der Waals surface area contributed by atoms with Gasteiger partial charge in [0.1, 0.15) is 0 Å². The topological polar surface area (TPSA) is 36.9 Å². The van der Waals surface area contributed by atoms with Gasteiger partial charge in [-0.1, -0.05) is 27.7 Å². The molecule has 0 aliphatic rings. The first-order chi connectivity index (χ1) is 10.4. The summed E-state index contributed by atoms with van der Waals surface area (Å²) in [5.74, 6) is 0.199. The Morgan fingerprint density at radius 2 is 1.35 bits per heavy atom. The SMILES string of the molecule is COCC[Si](OCC(C)C)(OCC(C)C)OC(F)(F)C(C)(C)F. The van der Waals surface area contributed by atoms with Crippen molar-refractivity contribution < 1.29 is 31.2 Å². The summed E-state index contributed by atoms with van der Waals surface area (Å²) in [7, 11) is -2.36. The van der Waals surface area contributed by atoms with Gasteiger partial charge in [0.2, 0.25) is 0 Å². The molecule has 0 unspecified atom stereocenters. The summed E-state index contributed by atoms with van der Waals surface area (Å²) in [4.78, 5) is 0. The van der Waals surface area contributed by atoms with E-state index in [2.05, 4.69) is 0 Å². The molecule has 0 heterocycles. The van der Waals surface area contributed by atoms with Crippen LogP contribution in [0, 0.1) is 11.8 Å². The van der Waals surface area contributed by atoms with E-state index in [0.717, 1.165) is 13.8 Å². The van der Waals surface area contributed by atoms with Gasteiger partial charge in [0.25, 0.3) is 0 Å². The monoisotopic (exact) mass is 360 g/mol. The Bertz CT molecular complexity index is 321. The fourth-order valence-electron chi connectivity index (χ4n) is 1.43. The molecule has 0 saturated carbocycles. The van der Waals surface area contributed by atoms with E-state index in [0.29, 0.717) is 0 Å². The molecule has 0 rings (SSSR count). The van der Waals surface area contributed by atoms with Crippen molar-refractivity contribution in [3.05, 3.63) is 0 Å². The molecule has 0 radical (unpaired) electrons. The lowest BCUT2D eigenvalue weighted by Gasteiger charge is -2.37. The number of methoxy groups -OCH3 is 1. The first kappa shape index (κ1) is 22.8. The number of halogens is 3. The third kappa shape index (κ3) is 8.48. The molecule has 0 aromatic heterocycles. The molecule has 23 heavy (non-hydrogen) atoms. The second-order valence-electron chi connectivity index (χ2n) is 6.93. The van der Waals surface area contributed by atoms with Gasteiger partial charge in [0, 0.05) is 26.4 Å². The second kappa shape index (κ2) is 9.36. The van der Waals surface area contributed by atoms with Gasteiger partial charge in [-0.3, -0.25) is 0 Å². The predicted octanol–water partition coefficient (Wildman–Crippen LogP) is 4.27. The molecule has 0 saturated heterocycles. The zero-order valence-electron chi connectivity index (χ0n) is 15.3. The van der Waals surface area contributed by atoms with Crippen LogP contribution in [-0.2, 0) is 18.0 Å². The van der Waals surface area contributed by atoms with E-state index in [1.54, 1.807) is 0 Å². The van der Waals surface area contributed by atoms with E-state index < -0.39 is 20.6 Å². The second-order valence-corrected chi connectivity index (χ2v) is 9.57. The Labute approximate surface area is 139 Å². The highest BCUT2D eigenvalue weighted by molar-refractivity contribution is 6.60. The summed E-state index contributed by atoms with van der Waals surface area (Å²) >= 11 is 0. The van der Waals surface area contributed by atoms with Gasteiger partial charge >= 0.3 is 14.9 Å². The highest BCUT2D eigenvalue weighted by atomic mass is 28.4. The van der Waals surface area contributed by atoms with Crippen molar-refractivity contribution >= 4 is 8.80 Å². The highest BCUT2D eigenvalue weighted by Crippen LogP contribution is 2.37. The minimum absolute atomic E-state index is 0.0363. The molecule has 0 bridgehead atoms. The Morgan fingerprint density at radius 1 is 0.913 bits per heavy atom. The van der Waals surface area contributed by atoms with E-state index >= 15 is 0 Å². The molecule has 8 heteroatoms. The summed E-state index contributed by atoms with van der Waals surface area (Å²) in [6.45, 7) is 9.59. The molecular weight excluding hydrogens is 329 g/mol. The minimum atomic E-state index is -4.01. The average molecular weight is 360 g/mol. The molecule has 0 spiro atoms. The molecule has 0 aliphatic heterocycles. The lowest BCUT2D eigenvalue weighted by atomic mass is 10.1. The number of rotatable bonds is 12. The normalized spacial score (nSPS) is 14.1. The molecule has 0 aromatic rings. The van der Waals surface area contributed by atoms with Crippen molar-refractivity contribution in [1.82, 2.24) is 0 Å². The van der Waals surface area contributed by atoms with Gasteiger partial charge in [-0.15, -0.1) is 0 Å². The van der Waals surface area contributed by atoms with E-state index in [1.807, 2.05) is 27.7 Å². The maximum Gasteiger partial charge on any atom is 0.507 e. The number of alkyl halides is 3. The molecule has 0 aliphatic carbocycles. The van der Waals surface area contributed by atoms with E-state index in [1.165, 1.54) is 7.11 Å². The molecule has 0 atom stereocenters. The predicted molar refractivity (Wildman–Crippen MR) is 85.2 cm³/mol. The summed E-state index contributed by atoms with van der Waals surface area (Å²) in [6.07, 6.45) is -4.01. The van der Waals surface area contributed by atoms with E-state index in [4.69, 9.17) is 18.0 Å². The van der Waals surface area contributed by atoms with Gasteiger partial charge in [-0.25, -0.2) is 4.39 Å². The van der Waals surface area contributed by atoms with Gasteiger partial charge < -0.3 is 18.0 Å². The Morgan fingerprint density at radius 3 is 1.65 bits per heavy atom. The third-order valence-corrected chi connectivity index (χ3v) is 5.46. The van der Waals surface area contributed by atoms with Crippen LogP contribution < -0.4 is 0 Å². The first-order valence-corrected chi connectivity index (χ1v) is 9.82. The Hall–Kier alpha value is -0.153. The van der Waals surface area contributed by atoms with Crippen LogP contribution >= 0.6 is 0 Å². The fourth-order valence-corrected chi connectivity index (χ4v) is 4.28. The molecule has 0 amide bonds. The zero-order chi connectivity index (χ0) is 18.3. The first-order valence-electron chi connectivity index (χ1n) is 7.89. The Kier molecular flexibility index (Phi) is 9.30. The largest absolute Gasteiger partial charge is 0.507 e. The van der Waals surface area contributed by atoms with E-state index in [-0.39, 0.29) is 37.7 Å². The summed E-state index contributed by atoms with van der Waals surface area (Å²) in [6, 6.07) is 0.0363. The van der Waals surface area contributed by atoms with Gasteiger partial charge in [-0.05, 0) is 25.7 Å². The maximum absolute atomic E-state index is 14.1. The number of ether oxygens (including phenoxy) is 1. The van der Waals surface area contributed by atoms with E-state index in [9.17, 15) is 13.2 Å². The smallest absolute Gasteiger partial charge is 0.385 e. The van der Waals surface area contributed by atoms with Crippen LogP contribution in [0.15, 0.2) is 0 Å². The molecule has 0 fully saturated rings. The van der Waals surface area contributed by atoms with Gasteiger partial charge in [0.05, 0.1) is 6.61 Å². The summed E-state index contributed by atoms with van der Waals surface area (Å²) in [5, 5.41) is 0. The minimum Gasteiger partial charge on any atom is -0.385 e. The van der Waals surface area contributed by atoms with Crippen molar-refractivity contribution in [3.8, 4) is 0 Å². The van der Waals surface area contributed by atoms with Crippen LogP contribution in [0.3, 0.4) is 0 Å². The van der Waals surface area contributed by atoms with Gasteiger partial charge in [-0.2, -0.15) is 8.78 Å². The molecule has 140 valence electrons. The maximum atomic E-state index is 14.1. The van der Waals surface area contributed by atoms with Crippen molar-refractivity contribution in [2.24, 2.45) is 11.8 Å². The summed E-state index contributed by atoms with van der Waals surface area (Å²) < 4.78 is 63.2. The third-order valence-electron chi connectivity index (χ3n) is 2.86. The van der Waals surface area contributed by atoms with Crippen LogP contribution in [0.25, 0.3) is 0 Å². The zero-order valence-corrected chi connectivity index (χ0v) is 16.3. The van der Waals surface area contributed by atoms with Crippen LogP contribution in [-0.4, -0.2) is 47.5 Å². The Balaban J connectivity index is 5.39. The van der Waals surface area contributed by atoms with Crippen LogP contribution in [0.5, 0.6) is 0 Å². The van der Waals surface area contributed by atoms with Crippen LogP contribution in [0.1, 0.15) is 41.5 Å². The molecule has 4 nitrogen and oxygen atoms in total. The van der Waals surface area contributed by atoms with Gasteiger partial charge in [0.15, 0.2) is 5.67 Å². The highest BCUT2D eigenvalue weighted by Gasteiger charge is 2.58. The molecular formula is C15H31F3O4Si. The summed E-state index contributed by atoms with van der Waals surface area (Å²) in [5.41, 5.74) is -2.85. The molecule has 0 N–H and O–H groups in total. The number of hydrogen-bond acceptors (Lipinski definition) is 4. The standard InChI is InChI=1S/C15H31F3O4Si/c1-12(2)10-20-23(9-8-19-7,21-11-13(3)4)22-15(17,18)14(5,6)16/h12-13H,8-11H2,1-7H3.